The van der Waals surface area contributed by atoms with Crippen LogP contribution in [-0.2, 0) is 6.54 Å². The summed E-state index contributed by atoms with van der Waals surface area (Å²) in [6, 6.07) is 6.17. The summed E-state index contributed by atoms with van der Waals surface area (Å²) in [7, 11) is 0. The van der Waals surface area contributed by atoms with E-state index in [0.717, 1.165) is 49.5 Å². The molecule has 2 heterocycles. The Morgan fingerprint density at radius 3 is 2.54 bits per heavy atom. The summed E-state index contributed by atoms with van der Waals surface area (Å²) in [6.45, 7) is 6.86. The van der Waals surface area contributed by atoms with Gasteiger partial charge in [-0.3, -0.25) is 4.90 Å². The molecule has 0 saturated carbocycles. The molecule has 4 nitrogen and oxygen atoms in total. The molecule has 1 unspecified atom stereocenters. The molecule has 1 aromatic heterocycles. The average Bonchev–Trinajstić information content (AvgIpc) is 3.04. The first-order chi connectivity index (χ1) is 11.5. The van der Waals surface area contributed by atoms with E-state index in [1.165, 1.54) is 18.5 Å². The topological polar surface area (TPSA) is 49.5 Å². The Kier molecular flexibility index (Phi) is 5.31. The molecule has 0 spiro atoms. The van der Waals surface area contributed by atoms with Gasteiger partial charge in [-0.05, 0) is 49.5 Å². The zero-order valence-corrected chi connectivity index (χ0v) is 14.3. The van der Waals surface area contributed by atoms with E-state index in [0.29, 0.717) is 5.92 Å². The van der Waals surface area contributed by atoms with E-state index in [-0.39, 0.29) is 11.7 Å². The fourth-order valence-electron chi connectivity index (χ4n) is 3.44. The predicted molar refractivity (Wildman–Crippen MR) is 90.0 cm³/mol. The van der Waals surface area contributed by atoms with E-state index in [1.807, 2.05) is 0 Å². The molecule has 1 N–H and O–H groups in total. The minimum atomic E-state index is -0.522. The van der Waals surface area contributed by atoms with Crippen molar-refractivity contribution in [3.05, 3.63) is 53.5 Å². The molecular formula is C19H25FN2O2. The van der Waals surface area contributed by atoms with Crippen molar-refractivity contribution in [2.24, 2.45) is 5.92 Å². The van der Waals surface area contributed by atoms with Gasteiger partial charge in [-0.25, -0.2) is 9.37 Å². The standard InChI is InChI=1S/C19H25FN2O2/c1-13(2)19-17(21-12-24-19)11-22-9-7-15(8-10-22)18(23)14-3-5-16(20)6-4-14/h3-6,12-13,15,18,23H,7-11H2,1-2H3. The van der Waals surface area contributed by atoms with Crippen LogP contribution in [0.15, 0.2) is 35.1 Å². The zero-order chi connectivity index (χ0) is 17.1. The van der Waals surface area contributed by atoms with Gasteiger partial charge in [0, 0.05) is 12.5 Å². The summed E-state index contributed by atoms with van der Waals surface area (Å²) in [5.41, 5.74) is 1.82. The lowest BCUT2D eigenvalue weighted by Gasteiger charge is -2.34. The van der Waals surface area contributed by atoms with Crippen molar-refractivity contribution in [2.45, 2.75) is 45.3 Å². The van der Waals surface area contributed by atoms with Gasteiger partial charge in [0.25, 0.3) is 0 Å². The van der Waals surface area contributed by atoms with E-state index < -0.39 is 6.10 Å². The van der Waals surface area contributed by atoms with Crippen LogP contribution in [0.25, 0.3) is 0 Å². The molecule has 3 rings (SSSR count). The number of oxazole rings is 1. The van der Waals surface area contributed by atoms with Crippen LogP contribution in [0.4, 0.5) is 4.39 Å². The lowest BCUT2D eigenvalue weighted by atomic mass is 9.87. The summed E-state index contributed by atoms with van der Waals surface area (Å²) < 4.78 is 18.5. The van der Waals surface area contributed by atoms with Gasteiger partial charge in [-0.2, -0.15) is 0 Å². The molecule has 1 atom stereocenters. The van der Waals surface area contributed by atoms with Crippen molar-refractivity contribution in [1.29, 1.82) is 0 Å². The number of halogens is 1. The van der Waals surface area contributed by atoms with Gasteiger partial charge in [-0.15, -0.1) is 0 Å². The molecule has 0 bridgehead atoms. The average molecular weight is 332 g/mol. The molecule has 1 saturated heterocycles. The maximum absolute atomic E-state index is 13.0. The molecule has 1 aromatic carbocycles. The van der Waals surface area contributed by atoms with Crippen LogP contribution in [0.5, 0.6) is 0 Å². The van der Waals surface area contributed by atoms with Gasteiger partial charge in [0.1, 0.15) is 11.6 Å². The first kappa shape index (κ1) is 17.1. The lowest BCUT2D eigenvalue weighted by Crippen LogP contribution is -2.35. The van der Waals surface area contributed by atoms with E-state index in [1.54, 1.807) is 12.1 Å². The summed E-state index contributed by atoms with van der Waals surface area (Å²) >= 11 is 0. The highest BCUT2D eigenvalue weighted by atomic mass is 19.1. The molecule has 24 heavy (non-hydrogen) atoms. The first-order valence-corrected chi connectivity index (χ1v) is 8.62. The van der Waals surface area contributed by atoms with Crippen LogP contribution in [0, 0.1) is 11.7 Å². The van der Waals surface area contributed by atoms with Crippen LogP contribution < -0.4 is 0 Å². The molecule has 0 aliphatic carbocycles. The number of hydrogen-bond acceptors (Lipinski definition) is 4. The van der Waals surface area contributed by atoms with Gasteiger partial charge in [-0.1, -0.05) is 26.0 Å². The monoisotopic (exact) mass is 332 g/mol. The Bertz CT molecular complexity index is 646. The van der Waals surface area contributed by atoms with Crippen LogP contribution in [0.2, 0.25) is 0 Å². The van der Waals surface area contributed by atoms with Crippen molar-refractivity contribution in [1.82, 2.24) is 9.88 Å². The van der Waals surface area contributed by atoms with Gasteiger partial charge in [0.15, 0.2) is 6.39 Å². The Labute approximate surface area is 142 Å². The second-order valence-electron chi connectivity index (χ2n) is 6.93. The third kappa shape index (κ3) is 3.84. The number of nitrogens with zero attached hydrogens (tertiary/aromatic N) is 2. The molecule has 1 fully saturated rings. The van der Waals surface area contributed by atoms with Crippen LogP contribution in [0.3, 0.4) is 0 Å². The van der Waals surface area contributed by atoms with Crippen molar-refractivity contribution in [3.63, 3.8) is 0 Å². The number of benzene rings is 1. The SMILES string of the molecule is CC(C)c1ocnc1CN1CCC(C(O)c2ccc(F)cc2)CC1. The highest BCUT2D eigenvalue weighted by Gasteiger charge is 2.27. The number of piperidine rings is 1. The number of aromatic nitrogens is 1. The fraction of sp³-hybridized carbons (Fsp3) is 0.526. The molecule has 5 heteroatoms. The Morgan fingerprint density at radius 2 is 1.92 bits per heavy atom. The van der Waals surface area contributed by atoms with Gasteiger partial charge >= 0.3 is 0 Å². The number of aliphatic hydroxyl groups excluding tert-OH is 1. The first-order valence-electron chi connectivity index (χ1n) is 8.62. The molecule has 0 radical (unpaired) electrons. The summed E-state index contributed by atoms with van der Waals surface area (Å²) in [6.07, 6.45) is 2.85. The van der Waals surface area contributed by atoms with Crippen LogP contribution in [-0.4, -0.2) is 28.1 Å². The maximum Gasteiger partial charge on any atom is 0.181 e. The molecule has 2 aromatic rings. The zero-order valence-electron chi connectivity index (χ0n) is 14.3. The lowest BCUT2D eigenvalue weighted by molar-refractivity contribution is 0.0562. The van der Waals surface area contributed by atoms with E-state index in [4.69, 9.17) is 4.42 Å². The van der Waals surface area contributed by atoms with E-state index in [9.17, 15) is 9.50 Å². The van der Waals surface area contributed by atoms with Crippen molar-refractivity contribution in [2.75, 3.05) is 13.1 Å². The summed E-state index contributed by atoms with van der Waals surface area (Å²) in [5, 5.41) is 10.5. The Hall–Kier alpha value is -1.72. The van der Waals surface area contributed by atoms with Crippen LogP contribution >= 0.6 is 0 Å². The maximum atomic E-state index is 13.0. The third-order valence-electron chi connectivity index (χ3n) is 4.86. The molecule has 0 amide bonds. The normalized spacial score (nSPS) is 18.2. The second-order valence-corrected chi connectivity index (χ2v) is 6.93. The van der Waals surface area contributed by atoms with Gasteiger partial charge in [0.05, 0.1) is 11.8 Å². The molecule has 130 valence electrons. The number of hydrogen-bond donors (Lipinski definition) is 1. The third-order valence-corrected chi connectivity index (χ3v) is 4.86. The van der Waals surface area contributed by atoms with Crippen molar-refractivity contribution >= 4 is 0 Å². The summed E-state index contributed by atoms with van der Waals surface area (Å²) in [4.78, 5) is 6.71. The largest absolute Gasteiger partial charge is 0.448 e. The van der Waals surface area contributed by atoms with Gasteiger partial charge in [0.2, 0.25) is 0 Å². The molecular weight excluding hydrogens is 307 g/mol. The second kappa shape index (κ2) is 7.45. The smallest absolute Gasteiger partial charge is 0.181 e. The number of aliphatic hydroxyl groups is 1. The molecule has 1 aliphatic heterocycles. The fourth-order valence-corrected chi connectivity index (χ4v) is 3.44. The highest BCUT2D eigenvalue weighted by Crippen LogP contribution is 2.31. The van der Waals surface area contributed by atoms with Gasteiger partial charge < -0.3 is 9.52 Å². The number of rotatable bonds is 5. The quantitative estimate of drug-likeness (QED) is 0.903. The minimum absolute atomic E-state index is 0.216. The minimum Gasteiger partial charge on any atom is -0.448 e. The van der Waals surface area contributed by atoms with E-state index in [2.05, 4.69) is 23.7 Å². The van der Waals surface area contributed by atoms with Crippen molar-refractivity contribution < 1.29 is 13.9 Å². The summed E-state index contributed by atoms with van der Waals surface area (Å²) in [5.74, 6) is 1.24. The molecule has 1 aliphatic rings. The van der Waals surface area contributed by atoms with Crippen molar-refractivity contribution in [3.8, 4) is 0 Å². The van der Waals surface area contributed by atoms with E-state index >= 15 is 0 Å². The number of likely N-dealkylation sites (tertiary alicyclic amines) is 1. The predicted octanol–water partition coefficient (Wildman–Crippen LogP) is 3.88. The van der Waals surface area contributed by atoms with Crippen LogP contribution in [0.1, 0.15) is 55.7 Å². The highest BCUT2D eigenvalue weighted by molar-refractivity contribution is 5.19. The Morgan fingerprint density at radius 1 is 1.25 bits per heavy atom. The Balaban J connectivity index is 1.55.